The average Bonchev–Trinajstić information content (AvgIpc) is 3.09. The summed E-state index contributed by atoms with van der Waals surface area (Å²) < 4.78 is 22.7. The molecule has 0 N–H and O–H groups in total. The lowest BCUT2D eigenvalue weighted by molar-refractivity contribution is 0.0663. The van der Waals surface area contributed by atoms with Crippen molar-refractivity contribution in [2.45, 2.75) is 26.8 Å². The van der Waals surface area contributed by atoms with Gasteiger partial charge in [-0.05, 0) is 48.2 Å². The number of amides is 1. The Morgan fingerprint density at radius 1 is 1.12 bits per heavy atom. The lowest BCUT2D eigenvalue weighted by Crippen LogP contribution is -2.32. The summed E-state index contributed by atoms with van der Waals surface area (Å²) in [4.78, 5) is 28.6. The van der Waals surface area contributed by atoms with Gasteiger partial charge < -0.3 is 23.5 Å². The first-order valence-electron chi connectivity index (χ1n) is 11.1. The normalized spacial score (nSPS) is 15.3. The van der Waals surface area contributed by atoms with Crippen molar-refractivity contribution in [3.05, 3.63) is 68.0 Å². The van der Waals surface area contributed by atoms with Gasteiger partial charge in [-0.3, -0.25) is 9.59 Å². The van der Waals surface area contributed by atoms with Gasteiger partial charge >= 0.3 is 0 Å². The number of fused-ring (bicyclic) bond motifs is 2. The Morgan fingerprint density at radius 3 is 2.56 bits per heavy atom. The van der Waals surface area contributed by atoms with E-state index < -0.39 is 6.04 Å². The molecule has 1 atom stereocenters. The second-order valence-electron chi connectivity index (χ2n) is 8.78. The Bertz CT molecular complexity index is 1300. The first-order chi connectivity index (χ1) is 16.3. The highest BCUT2D eigenvalue weighted by Crippen LogP contribution is 2.41. The van der Waals surface area contributed by atoms with Gasteiger partial charge in [-0.1, -0.05) is 31.5 Å². The van der Waals surface area contributed by atoms with Crippen LogP contribution in [0.4, 0.5) is 0 Å². The first kappa shape index (κ1) is 24.1. The van der Waals surface area contributed by atoms with E-state index in [2.05, 4.69) is 13.8 Å². The minimum Gasteiger partial charge on any atom is -0.493 e. The molecule has 2 aromatic carbocycles. The van der Waals surface area contributed by atoms with E-state index in [9.17, 15) is 9.59 Å². The average molecular weight is 486 g/mol. The highest BCUT2D eigenvalue weighted by molar-refractivity contribution is 6.32. The third-order valence-electron chi connectivity index (χ3n) is 5.86. The summed E-state index contributed by atoms with van der Waals surface area (Å²) in [7, 11) is 3.12. The van der Waals surface area contributed by atoms with E-state index in [0.717, 1.165) is 5.56 Å². The molecule has 1 aliphatic heterocycles. The lowest BCUT2D eigenvalue weighted by Gasteiger charge is -2.25. The fourth-order valence-corrected chi connectivity index (χ4v) is 4.30. The molecule has 8 heteroatoms. The zero-order chi connectivity index (χ0) is 24.6. The molecular formula is C26H28ClNO6. The molecule has 0 aliphatic carbocycles. The molecular weight excluding hydrogens is 458 g/mol. The third kappa shape index (κ3) is 4.26. The van der Waals surface area contributed by atoms with Crippen molar-refractivity contribution in [3.63, 3.8) is 0 Å². The Hall–Kier alpha value is -3.03. The molecule has 0 saturated carbocycles. The van der Waals surface area contributed by atoms with E-state index in [1.165, 1.54) is 0 Å². The van der Waals surface area contributed by atoms with Crippen molar-refractivity contribution < 1.29 is 23.4 Å². The van der Waals surface area contributed by atoms with Crippen LogP contribution in [0.15, 0.2) is 39.5 Å². The third-order valence-corrected chi connectivity index (χ3v) is 6.27. The van der Waals surface area contributed by atoms with Gasteiger partial charge in [0.25, 0.3) is 5.91 Å². The van der Waals surface area contributed by atoms with E-state index >= 15 is 0 Å². The number of halogens is 1. The van der Waals surface area contributed by atoms with E-state index in [4.69, 9.17) is 30.2 Å². The molecule has 7 nitrogen and oxygen atoms in total. The molecule has 1 aliphatic rings. The second-order valence-corrected chi connectivity index (χ2v) is 9.19. The summed E-state index contributed by atoms with van der Waals surface area (Å²) in [6.45, 7) is 7.07. The van der Waals surface area contributed by atoms with Crippen LogP contribution in [-0.2, 0) is 4.74 Å². The van der Waals surface area contributed by atoms with Gasteiger partial charge in [0.1, 0.15) is 5.58 Å². The fourth-order valence-electron chi connectivity index (χ4n) is 4.14. The maximum absolute atomic E-state index is 13.6. The van der Waals surface area contributed by atoms with Crippen LogP contribution in [0.1, 0.15) is 47.1 Å². The molecule has 0 bridgehead atoms. The number of carbonyl (C=O) groups is 1. The van der Waals surface area contributed by atoms with Crippen molar-refractivity contribution in [1.29, 1.82) is 0 Å². The molecule has 0 spiro atoms. The minimum absolute atomic E-state index is 0.0411. The molecule has 0 fully saturated rings. The van der Waals surface area contributed by atoms with E-state index in [1.54, 1.807) is 43.4 Å². The van der Waals surface area contributed by atoms with Crippen LogP contribution in [0.3, 0.4) is 0 Å². The van der Waals surface area contributed by atoms with E-state index in [-0.39, 0.29) is 29.2 Å². The Labute approximate surface area is 203 Å². The zero-order valence-corrected chi connectivity index (χ0v) is 20.7. The number of rotatable bonds is 8. The number of aryl methyl sites for hydroxylation is 1. The Morgan fingerprint density at radius 2 is 1.88 bits per heavy atom. The largest absolute Gasteiger partial charge is 0.493 e. The van der Waals surface area contributed by atoms with Gasteiger partial charge in [0.05, 0.1) is 37.3 Å². The predicted molar refractivity (Wildman–Crippen MR) is 130 cm³/mol. The lowest BCUT2D eigenvalue weighted by atomic mass is 9.97. The molecule has 4 rings (SSSR count). The smallest absolute Gasteiger partial charge is 0.290 e. The first-order valence-corrected chi connectivity index (χ1v) is 11.5. The van der Waals surface area contributed by atoms with Crippen LogP contribution in [0.5, 0.6) is 11.5 Å². The fraction of sp³-hybridized carbons (Fsp3) is 0.385. The molecule has 180 valence electrons. The van der Waals surface area contributed by atoms with Crippen molar-refractivity contribution in [2.24, 2.45) is 5.92 Å². The standard InChI is InChI=1S/C26H28ClNO6/c1-14(2)13-33-19-7-6-16(11-21(19)32-5)23-22-24(29)17-12-18(27)15(3)10-20(17)34-25(22)26(30)28(23)8-9-31-4/h6-7,10-12,14,23H,8-9,13H2,1-5H3. The van der Waals surface area contributed by atoms with Crippen LogP contribution >= 0.6 is 11.6 Å². The number of nitrogens with zero attached hydrogens (tertiary/aromatic N) is 1. The Kier molecular flexibility index (Phi) is 6.86. The predicted octanol–water partition coefficient (Wildman–Crippen LogP) is 4.99. The molecule has 2 heterocycles. The number of ether oxygens (including phenoxy) is 3. The van der Waals surface area contributed by atoms with Crippen LogP contribution in [0.25, 0.3) is 11.0 Å². The van der Waals surface area contributed by atoms with E-state index in [0.29, 0.717) is 52.2 Å². The number of carbonyl (C=O) groups excluding carboxylic acids is 1. The quantitative estimate of drug-likeness (QED) is 0.447. The van der Waals surface area contributed by atoms with Crippen LogP contribution < -0.4 is 14.9 Å². The van der Waals surface area contributed by atoms with Gasteiger partial charge in [-0.15, -0.1) is 0 Å². The summed E-state index contributed by atoms with van der Waals surface area (Å²) in [5, 5.41) is 0.801. The maximum Gasteiger partial charge on any atom is 0.290 e. The van der Waals surface area contributed by atoms with Crippen LogP contribution in [-0.4, -0.2) is 44.8 Å². The summed E-state index contributed by atoms with van der Waals surface area (Å²) >= 11 is 6.29. The molecule has 3 aromatic rings. The van der Waals surface area contributed by atoms with Gasteiger partial charge in [0.15, 0.2) is 16.9 Å². The molecule has 0 radical (unpaired) electrons. The number of benzene rings is 2. The summed E-state index contributed by atoms with van der Waals surface area (Å²) in [5.74, 6) is 1.15. The van der Waals surface area contributed by atoms with Gasteiger partial charge in [0.2, 0.25) is 5.76 Å². The van der Waals surface area contributed by atoms with Crippen LogP contribution in [0.2, 0.25) is 5.02 Å². The second kappa shape index (κ2) is 9.68. The number of hydrogen-bond acceptors (Lipinski definition) is 6. The highest BCUT2D eigenvalue weighted by Gasteiger charge is 2.42. The number of methoxy groups -OCH3 is 2. The topological polar surface area (TPSA) is 78.2 Å². The minimum atomic E-state index is -0.661. The molecule has 1 aromatic heterocycles. The van der Waals surface area contributed by atoms with Crippen LogP contribution in [0, 0.1) is 12.8 Å². The SMILES string of the molecule is COCCN1C(=O)c2oc3cc(C)c(Cl)cc3c(=O)c2C1c1ccc(OCC(C)C)c(OC)c1. The zero-order valence-electron chi connectivity index (χ0n) is 19.9. The van der Waals surface area contributed by atoms with Crippen molar-refractivity contribution >= 4 is 28.5 Å². The van der Waals surface area contributed by atoms with Gasteiger partial charge in [-0.25, -0.2) is 0 Å². The summed E-state index contributed by atoms with van der Waals surface area (Å²) in [6.07, 6.45) is 0. The number of hydrogen-bond donors (Lipinski definition) is 0. The summed E-state index contributed by atoms with van der Waals surface area (Å²) in [5.41, 5.74) is 1.81. The van der Waals surface area contributed by atoms with Crippen molar-refractivity contribution in [3.8, 4) is 11.5 Å². The molecule has 34 heavy (non-hydrogen) atoms. The van der Waals surface area contributed by atoms with Gasteiger partial charge in [0, 0.05) is 18.7 Å². The molecule has 1 amide bonds. The van der Waals surface area contributed by atoms with E-state index in [1.807, 2.05) is 13.0 Å². The Balaban J connectivity index is 1.89. The maximum atomic E-state index is 13.6. The monoisotopic (exact) mass is 485 g/mol. The summed E-state index contributed by atoms with van der Waals surface area (Å²) in [6, 6.07) is 8.07. The van der Waals surface area contributed by atoms with Crippen molar-refractivity contribution in [2.75, 3.05) is 34.0 Å². The van der Waals surface area contributed by atoms with Gasteiger partial charge in [-0.2, -0.15) is 0 Å². The van der Waals surface area contributed by atoms with Crippen molar-refractivity contribution in [1.82, 2.24) is 4.90 Å². The highest BCUT2D eigenvalue weighted by atomic mass is 35.5. The molecule has 0 saturated heterocycles. The molecule has 1 unspecified atom stereocenters.